The van der Waals surface area contributed by atoms with E-state index in [9.17, 15) is 4.79 Å². The number of carbonyl (C=O) groups is 1. The largest absolute Gasteiger partial charge is 0.287 e. The van der Waals surface area contributed by atoms with E-state index in [0.29, 0.717) is 5.02 Å². The Kier molecular flexibility index (Phi) is 3.18. The minimum absolute atomic E-state index is 0.164. The SMILES string of the molecule is CC(C(=O)S)c1ccccc1Cl. The van der Waals surface area contributed by atoms with Crippen molar-refractivity contribution >= 4 is 29.3 Å². The van der Waals surface area contributed by atoms with Gasteiger partial charge in [-0.1, -0.05) is 36.7 Å². The molecule has 0 aliphatic rings. The van der Waals surface area contributed by atoms with Gasteiger partial charge in [-0.2, -0.15) is 0 Å². The second kappa shape index (κ2) is 3.97. The lowest BCUT2D eigenvalue weighted by Gasteiger charge is -2.08. The van der Waals surface area contributed by atoms with E-state index in [4.69, 9.17) is 11.6 Å². The summed E-state index contributed by atoms with van der Waals surface area (Å²) in [5, 5.41) is 0.454. The van der Waals surface area contributed by atoms with Crippen LogP contribution in [0.15, 0.2) is 24.3 Å². The Labute approximate surface area is 82.1 Å². The van der Waals surface area contributed by atoms with Crippen LogP contribution in [0.25, 0.3) is 0 Å². The monoisotopic (exact) mass is 200 g/mol. The fraction of sp³-hybridized carbons (Fsp3) is 0.222. The zero-order chi connectivity index (χ0) is 9.14. The topological polar surface area (TPSA) is 17.1 Å². The van der Waals surface area contributed by atoms with Crippen LogP contribution in [0.1, 0.15) is 18.4 Å². The molecule has 0 bridgehead atoms. The maximum absolute atomic E-state index is 10.9. The molecule has 1 nitrogen and oxygen atoms in total. The highest BCUT2D eigenvalue weighted by Gasteiger charge is 2.13. The Morgan fingerprint density at radius 1 is 1.50 bits per heavy atom. The molecule has 0 heterocycles. The Hall–Kier alpha value is -0.470. The summed E-state index contributed by atoms with van der Waals surface area (Å²) in [6, 6.07) is 7.29. The van der Waals surface area contributed by atoms with Crippen molar-refractivity contribution in [2.75, 3.05) is 0 Å². The number of rotatable bonds is 2. The molecule has 0 saturated carbocycles. The maximum Gasteiger partial charge on any atom is 0.193 e. The average molecular weight is 201 g/mol. The molecule has 64 valence electrons. The van der Waals surface area contributed by atoms with Gasteiger partial charge in [0.2, 0.25) is 0 Å². The number of hydrogen-bond donors (Lipinski definition) is 1. The fourth-order valence-electron chi connectivity index (χ4n) is 0.959. The second-order valence-electron chi connectivity index (χ2n) is 2.58. The number of hydrogen-bond acceptors (Lipinski definition) is 1. The number of benzene rings is 1. The summed E-state index contributed by atoms with van der Waals surface area (Å²) in [5.74, 6) is -0.234. The lowest BCUT2D eigenvalue weighted by atomic mass is 10.0. The van der Waals surface area contributed by atoms with Gasteiger partial charge in [-0.3, -0.25) is 4.79 Å². The van der Waals surface area contributed by atoms with E-state index in [1.54, 1.807) is 13.0 Å². The summed E-state index contributed by atoms with van der Waals surface area (Å²) in [4.78, 5) is 10.9. The first-order valence-electron chi connectivity index (χ1n) is 3.60. The first kappa shape index (κ1) is 9.62. The fourth-order valence-corrected chi connectivity index (χ4v) is 1.40. The van der Waals surface area contributed by atoms with E-state index >= 15 is 0 Å². The van der Waals surface area contributed by atoms with Crippen LogP contribution in [-0.4, -0.2) is 5.12 Å². The van der Waals surface area contributed by atoms with E-state index in [1.165, 1.54) is 0 Å². The molecule has 0 aromatic heterocycles. The lowest BCUT2D eigenvalue weighted by Crippen LogP contribution is -2.02. The van der Waals surface area contributed by atoms with Gasteiger partial charge in [0, 0.05) is 5.02 Å². The first-order chi connectivity index (χ1) is 5.63. The third-order valence-electron chi connectivity index (χ3n) is 1.74. The molecule has 0 aliphatic heterocycles. The molecule has 1 aromatic rings. The van der Waals surface area contributed by atoms with Crippen LogP contribution >= 0.6 is 24.2 Å². The van der Waals surface area contributed by atoms with Crippen LogP contribution in [0.2, 0.25) is 5.02 Å². The lowest BCUT2D eigenvalue weighted by molar-refractivity contribution is -0.111. The predicted octanol–water partition coefficient (Wildman–Crippen LogP) is 2.90. The summed E-state index contributed by atoms with van der Waals surface area (Å²) in [6.45, 7) is 1.79. The number of halogens is 1. The molecule has 0 fully saturated rings. The standard InChI is InChI=1S/C9H9ClOS/c1-6(9(11)12)7-4-2-3-5-8(7)10/h2-6H,1H3,(H,11,12). The molecular weight excluding hydrogens is 192 g/mol. The normalized spacial score (nSPS) is 12.6. The zero-order valence-corrected chi connectivity index (χ0v) is 8.27. The molecule has 1 atom stereocenters. The second-order valence-corrected chi connectivity index (χ2v) is 3.43. The summed E-state index contributed by atoms with van der Waals surface area (Å²) in [6.07, 6.45) is 0. The Morgan fingerprint density at radius 3 is 2.58 bits per heavy atom. The summed E-state index contributed by atoms with van der Waals surface area (Å²) < 4.78 is 0. The Balaban J connectivity index is 3.02. The average Bonchev–Trinajstić information content (AvgIpc) is 2.04. The minimum Gasteiger partial charge on any atom is -0.287 e. The highest BCUT2D eigenvalue weighted by molar-refractivity contribution is 7.96. The van der Waals surface area contributed by atoms with Gasteiger partial charge < -0.3 is 0 Å². The highest BCUT2D eigenvalue weighted by atomic mass is 35.5. The van der Waals surface area contributed by atoms with Crippen molar-refractivity contribution in [3.8, 4) is 0 Å². The summed E-state index contributed by atoms with van der Waals surface area (Å²) >= 11 is 9.63. The molecule has 1 aromatic carbocycles. The summed E-state index contributed by atoms with van der Waals surface area (Å²) in [7, 11) is 0. The van der Waals surface area contributed by atoms with Gasteiger partial charge in [0.25, 0.3) is 0 Å². The van der Waals surface area contributed by atoms with Crippen LogP contribution in [0.4, 0.5) is 0 Å². The van der Waals surface area contributed by atoms with E-state index < -0.39 is 0 Å². The van der Waals surface area contributed by atoms with Crippen molar-refractivity contribution in [3.05, 3.63) is 34.9 Å². The first-order valence-corrected chi connectivity index (χ1v) is 4.42. The molecule has 0 N–H and O–H groups in total. The molecule has 0 radical (unpaired) electrons. The van der Waals surface area contributed by atoms with Crippen molar-refractivity contribution < 1.29 is 4.79 Å². The van der Waals surface area contributed by atoms with Gasteiger partial charge in [0.15, 0.2) is 5.12 Å². The molecule has 0 amide bonds. The van der Waals surface area contributed by atoms with E-state index in [-0.39, 0.29) is 11.0 Å². The van der Waals surface area contributed by atoms with Gasteiger partial charge in [0.1, 0.15) is 0 Å². The van der Waals surface area contributed by atoms with Gasteiger partial charge in [0.05, 0.1) is 5.92 Å². The molecule has 0 spiro atoms. The van der Waals surface area contributed by atoms with Crippen molar-refractivity contribution in [2.24, 2.45) is 0 Å². The quantitative estimate of drug-likeness (QED) is 0.727. The van der Waals surface area contributed by atoms with Gasteiger partial charge in [-0.05, 0) is 11.6 Å². The van der Waals surface area contributed by atoms with Crippen LogP contribution < -0.4 is 0 Å². The van der Waals surface area contributed by atoms with Crippen molar-refractivity contribution in [1.82, 2.24) is 0 Å². The molecule has 1 rings (SSSR count). The van der Waals surface area contributed by atoms with Gasteiger partial charge in [-0.15, -0.1) is 12.6 Å². The molecule has 3 heteroatoms. The Morgan fingerprint density at radius 2 is 2.08 bits per heavy atom. The molecule has 12 heavy (non-hydrogen) atoms. The van der Waals surface area contributed by atoms with Crippen molar-refractivity contribution in [3.63, 3.8) is 0 Å². The van der Waals surface area contributed by atoms with Gasteiger partial charge >= 0.3 is 0 Å². The van der Waals surface area contributed by atoms with E-state index in [0.717, 1.165) is 5.56 Å². The smallest absolute Gasteiger partial charge is 0.193 e. The molecular formula is C9H9ClOS. The minimum atomic E-state index is -0.234. The number of carbonyl (C=O) groups excluding carboxylic acids is 1. The van der Waals surface area contributed by atoms with Crippen LogP contribution in [0.3, 0.4) is 0 Å². The van der Waals surface area contributed by atoms with Crippen LogP contribution in [0, 0.1) is 0 Å². The number of thiol groups is 1. The van der Waals surface area contributed by atoms with E-state index in [1.807, 2.05) is 18.2 Å². The highest BCUT2D eigenvalue weighted by Crippen LogP contribution is 2.25. The predicted molar refractivity (Wildman–Crippen MR) is 53.9 cm³/mol. The molecule has 0 aliphatic carbocycles. The van der Waals surface area contributed by atoms with Gasteiger partial charge in [-0.25, -0.2) is 0 Å². The third-order valence-corrected chi connectivity index (χ3v) is 2.47. The van der Waals surface area contributed by atoms with Crippen LogP contribution in [0.5, 0.6) is 0 Å². The van der Waals surface area contributed by atoms with E-state index in [2.05, 4.69) is 12.6 Å². The maximum atomic E-state index is 10.9. The zero-order valence-electron chi connectivity index (χ0n) is 6.62. The van der Waals surface area contributed by atoms with Crippen LogP contribution in [-0.2, 0) is 4.79 Å². The molecule has 1 unspecified atom stereocenters. The Bertz CT molecular complexity index is 298. The van der Waals surface area contributed by atoms with Crippen molar-refractivity contribution in [1.29, 1.82) is 0 Å². The molecule has 0 saturated heterocycles. The summed E-state index contributed by atoms with van der Waals surface area (Å²) in [5.41, 5.74) is 0.833. The van der Waals surface area contributed by atoms with Crippen molar-refractivity contribution in [2.45, 2.75) is 12.8 Å². The third kappa shape index (κ3) is 2.02.